The molecule has 1 heterocycles. The zero-order chi connectivity index (χ0) is 10.8. The molecule has 14 heavy (non-hydrogen) atoms. The predicted octanol–water partition coefficient (Wildman–Crippen LogP) is 3.79. The molecule has 0 atom stereocenters. The average molecular weight is 191 g/mol. The van der Waals surface area contributed by atoms with E-state index in [4.69, 9.17) is 0 Å². The van der Waals surface area contributed by atoms with Crippen LogP contribution in [0.25, 0.3) is 0 Å². The van der Waals surface area contributed by atoms with Gasteiger partial charge in [-0.25, -0.2) is 0 Å². The quantitative estimate of drug-likeness (QED) is 0.693. The Labute approximate surface area is 87.6 Å². The van der Waals surface area contributed by atoms with Gasteiger partial charge in [0.1, 0.15) is 0 Å². The van der Waals surface area contributed by atoms with Crippen LogP contribution in [0.2, 0.25) is 0 Å². The van der Waals surface area contributed by atoms with E-state index in [1.54, 1.807) is 0 Å². The van der Waals surface area contributed by atoms with Crippen LogP contribution >= 0.6 is 0 Å². The maximum absolute atomic E-state index is 4.49. The molecule has 78 valence electrons. The summed E-state index contributed by atoms with van der Waals surface area (Å²) in [5.41, 5.74) is 2.84. The van der Waals surface area contributed by atoms with Gasteiger partial charge in [-0.2, -0.15) is 0 Å². The van der Waals surface area contributed by atoms with Gasteiger partial charge >= 0.3 is 0 Å². The molecule has 0 amide bonds. The van der Waals surface area contributed by atoms with Crippen molar-refractivity contribution in [3.05, 3.63) is 29.6 Å². The minimum Gasteiger partial charge on any atom is -0.261 e. The molecule has 0 saturated carbocycles. The Morgan fingerprint density at radius 3 is 2.21 bits per heavy atom. The molecule has 0 aliphatic carbocycles. The second-order valence-electron chi connectivity index (χ2n) is 5.48. The van der Waals surface area contributed by atoms with Gasteiger partial charge in [0.2, 0.25) is 0 Å². The lowest BCUT2D eigenvalue weighted by atomic mass is 9.90. The number of pyridine rings is 1. The molecule has 0 unspecified atom stereocenters. The summed E-state index contributed by atoms with van der Waals surface area (Å²) >= 11 is 0. The van der Waals surface area contributed by atoms with Crippen LogP contribution in [-0.2, 0) is 6.42 Å². The molecule has 1 heteroatoms. The Morgan fingerprint density at radius 2 is 1.86 bits per heavy atom. The number of hydrogen-bond donors (Lipinski definition) is 0. The third-order valence-electron chi connectivity index (χ3n) is 2.23. The van der Waals surface area contributed by atoms with Gasteiger partial charge in [0.25, 0.3) is 0 Å². The van der Waals surface area contributed by atoms with Gasteiger partial charge in [-0.1, -0.05) is 40.7 Å². The smallest absolute Gasteiger partial charge is 0.0409 e. The van der Waals surface area contributed by atoms with E-state index in [1.807, 2.05) is 6.20 Å². The summed E-state index contributed by atoms with van der Waals surface area (Å²) < 4.78 is 0. The van der Waals surface area contributed by atoms with E-state index in [0.717, 1.165) is 6.42 Å². The van der Waals surface area contributed by atoms with Gasteiger partial charge in [0.15, 0.2) is 0 Å². The lowest BCUT2D eigenvalue weighted by molar-refractivity contribution is 0.406. The fraction of sp³-hybridized carbons (Fsp3) is 0.615. The highest BCUT2D eigenvalue weighted by Gasteiger charge is 2.12. The van der Waals surface area contributed by atoms with Gasteiger partial charge in [0.05, 0.1) is 0 Å². The molecule has 1 nitrogen and oxygen atoms in total. The first-order chi connectivity index (χ1) is 6.38. The van der Waals surface area contributed by atoms with Crippen LogP contribution in [0.5, 0.6) is 0 Å². The summed E-state index contributed by atoms with van der Waals surface area (Å²) in [4.78, 5) is 4.49. The molecule has 1 rings (SSSR count). The highest BCUT2D eigenvalue weighted by molar-refractivity contribution is 5.17. The summed E-state index contributed by atoms with van der Waals surface area (Å²) in [6, 6.07) is 4.35. The maximum atomic E-state index is 4.49. The molecule has 0 fully saturated rings. The SMILES string of the molecule is CC(C)c1ccc(CC(C)(C)C)nc1. The van der Waals surface area contributed by atoms with Crippen molar-refractivity contribution in [1.29, 1.82) is 0 Å². The minimum absolute atomic E-state index is 0.326. The van der Waals surface area contributed by atoms with Crippen LogP contribution in [0.4, 0.5) is 0 Å². The molecule has 0 N–H and O–H groups in total. The molecular weight excluding hydrogens is 170 g/mol. The Morgan fingerprint density at radius 1 is 1.21 bits per heavy atom. The first-order valence-corrected chi connectivity index (χ1v) is 5.33. The van der Waals surface area contributed by atoms with Crippen molar-refractivity contribution in [2.45, 2.75) is 47.0 Å². The predicted molar refractivity (Wildman–Crippen MR) is 61.5 cm³/mol. The van der Waals surface area contributed by atoms with Crippen LogP contribution in [-0.4, -0.2) is 4.98 Å². The van der Waals surface area contributed by atoms with Gasteiger partial charge in [0, 0.05) is 11.9 Å². The molecular formula is C13H21N. The largest absolute Gasteiger partial charge is 0.261 e. The fourth-order valence-electron chi connectivity index (χ4n) is 1.43. The lowest BCUT2D eigenvalue weighted by Gasteiger charge is -2.17. The van der Waals surface area contributed by atoms with Crippen molar-refractivity contribution >= 4 is 0 Å². The summed E-state index contributed by atoms with van der Waals surface area (Å²) in [6.45, 7) is 11.1. The Hall–Kier alpha value is -0.850. The summed E-state index contributed by atoms with van der Waals surface area (Å²) in [6.07, 6.45) is 3.05. The highest BCUT2D eigenvalue weighted by atomic mass is 14.7. The lowest BCUT2D eigenvalue weighted by Crippen LogP contribution is -2.10. The van der Waals surface area contributed by atoms with Gasteiger partial charge in [-0.15, -0.1) is 0 Å². The minimum atomic E-state index is 0.326. The third kappa shape index (κ3) is 3.49. The Kier molecular flexibility index (Phi) is 3.30. The molecule has 0 aliphatic rings. The molecule has 0 aliphatic heterocycles. The van der Waals surface area contributed by atoms with E-state index < -0.39 is 0 Å². The van der Waals surface area contributed by atoms with E-state index in [9.17, 15) is 0 Å². The molecule has 0 bridgehead atoms. The van der Waals surface area contributed by atoms with Gasteiger partial charge < -0.3 is 0 Å². The van der Waals surface area contributed by atoms with E-state index >= 15 is 0 Å². The van der Waals surface area contributed by atoms with Crippen LogP contribution in [0, 0.1) is 5.41 Å². The zero-order valence-electron chi connectivity index (χ0n) is 9.96. The number of nitrogens with zero attached hydrogens (tertiary/aromatic N) is 1. The molecule has 0 saturated heterocycles. The van der Waals surface area contributed by atoms with Crippen molar-refractivity contribution in [2.24, 2.45) is 5.41 Å². The second-order valence-corrected chi connectivity index (χ2v) is 5.48. The molecule has 1 aromatic rings. The summed E-state index contributed by atoms with van der Waals surface area (Å²) in [5.74, 6) is 0.575. The molecule has 0 radical (unpaired) electrons. The Bertz CT molecular complexity index is 277. The molecule has 0 aromatic carbocycles. The zero-order valence-corrected chi connectivity index (χ0v) is 9.96. The normalized spacial score (nSPS) is 12.1. The van der Waals surface area contributed by atoms with E-state index in [2.05, 4.69) is 51.7 Å². The highest BCUT2D eigenvalue weighted by Crippen LogP contribution is 2.20. The van der Waals surface area contributed by atoms with Crippen LogP contribution in [0.1, 0.15) is 51.8 Å². The van der Waals surface area contributed by atoms with E-state index in [1.165, 1.54) is 11.3 Å². The topological polar surface area (TPSA) is 12.9 Å². The monoisotopic (exact) mass is 191 g/mol. The summed E-state index contributed by atoms with van der Waals surface area (Å²) in [7, 11) is 0. The maximum Gasteiger partial charge on any atom is 0.0409 e. The molecule has 0 spiro atoms. The van der Waals surface area contributed by atoms with Crippen LogP contribution in [0.15, 0.2) is 18.3 Å². The van der Waals surface area contributed by atoms with E-state index in [0.29, 0.717) is 11.3 Å². The van der Waals surface area contributed by atoms with Crippen molar-refractivity contribution in [2.75, 3.05) is 0 Å². The standard InChI is InChI=1S/C13H21N/c1-10(2)11-6-7-12(14-9-11)8-13(3,4)5/h6-7,9-10H,8H2,1-5H3. The van der Waals surface area contributed by atoms with Crippen LogP contribution in [0.3, 0.4) is 0 Å². The van der Waals surface area contributed by atoms with Gasteiger partial charge in [-0.3, -0.25) is 4.98 Å². The second kappa shape index (κ2) is 4.12. The Balaban J connectivity index is 2.74. The average Bonchev–Trinajstić information content (AvgIpc) is 2.02. The van der Waals surface area contributed by atoms with Crippen molar-refractivity contribution in [3.63, 3.8) is 0 Å². The number of rotatable bonds is 2. The summed E-state index contributed by atoms with van der Waals surface area (Å²) in [5, 5.41) is 0. The first-order valence-electron chi connectivity index (χ1n) is 5.33. The molecule has 1 aromatic heterocycles. The first kappa shape index (κ1) is 11.2. The fourth-order valence-corrected chi connectivity index (χ4v) is 1.43. The van der Waals surface area contributed by atoms with Crippen molar-refractivity contribution in [1.82, 2.24) is 4.98 Å². The van der Waals surface area contributed by atoms with E-state index in [-0.39, 0.29) is 0 Å². The van der Waals surface area contributed by atoms with Crippen molar-refractivity contribution in [3.8, 4) is 0 Å². The van der Waals surface area contributed by atoms with Gasteiger partial charge in [-0.05, 0) is 29.4 Å². The van der Waals surface area contributed by atoms with Crippen LogP contribution < -0.4 is 0 Å². The third-order valence-corrected chi connectivity index (χ3v) is 2.23. The number of aromatic nitrogens is 1. The van der Waals surface area contributed by atoms with Crippen molar-refractivity contribution < 1.29 is 0 Å². The number of hydrogen-bond acceptors (Lipinski definition) is 1.